The van der Waals surface area contributed by atoms with E-state index in [1.54, 1.807) is 16.2 Å². The van der Waals surface area contributed by atoms with Gasteiger partial charge in [0.1, 0.15) is 23.7 Å². The fourth-order valence-corrected chi connectivity index (χ4v) is 6.02. The van der Waals surface area contributed by atoms with Gasteiger partial charge in [0.25, 0.3) is 0 Å². The van der Waals surface area contributed by atoms with Gasteiger partial charge in [-0.05, 0) is 74.9 Å². The summed E-state index contributed by atoms with van der Waals surface area (Å²) in [5, 5.41) is 0.994. The molecule has 3 aromatic carbocycles. The Balaban J connectivity index is 1.20. The van der Waals surface area contributed by atoms with Gasteiger partial charge >= 0.3 is 6.09 Å². The highest BCUT2D eigenvalue weighted by Gasteiger charge is 2.25. The summed E-state index contributed by atoms with van der Waals surface area (Å²) in [4.78, 5) is 27.5. The molecule has 10 heteroatoms. The lowest BCUT2D eigenvalue weighted by Gasteiger charge is -2.35. The molecule has 0 atom stereocenters. The van der Waals surface area contributed by atoms with Gasteiger partial charge in [0.2, 0.25) is 0 Å². The number of amides is 1. The van der Waals surface area contributed by atoms with Crippen LogP contribution in [0.5, 0.6) is 23.0 Å². The lowest BCUT2D eigenvalue weighted by molar-refractivity contribution is -0.178. The quantitative estimate of drug-likeness (QED) is 0.134. The summed E-state index contributed by atoms with van der Waals surface area (Å²) in [6.07, 6.45) is -0.245. The standard InChI is InChI=1S/C32H35BrN2O6S/c1-32(2,3)40-31(36)35-17-15-34(16-18-35)19-20-38-24-9-11-25(12-10-24)39-29-27-14-13-26(41-37-4)21-28(27)42-30(29)22-5-7-23(33)8-6-22/h5-14,21H,15-20H2,1-4H3. The summed E-state index contributed by atoms with van der Waals surface area (Å²) in [7, 11) is 1.49. The molecule has 42 heavy (non-hydrogen) atoms. The minimum atomic E-state index is -0.481. The molecule has 0 bridgehead atoms. The second-order valence-electron chi connectivity index (χ2n) is 10.9. The van der Waals surface area contributed by atoms with E-state index < -0.39 is 5.60 Å². The molecule has 0 aliphatic carbocycles. The summed E-state index contributed by atoms with van der Waals surface area (Å²) in [6, 6.07) is 21.7. The monoisotopic (exact) mass is 654 g/mol. The van der Waals surface area contributed by atoms with Gasteiger partial charge in [-0.2, -0.15) is 4.89 Å². The van der Waals surface area contributed by atoms with E-state index >= 15 is 0 Å². The average Bonchev–Trinajstić information content (AvgIpc) is 3.31. The lowest BCUT2D eigenvalue weighted by Crippen LogP contribution is -2.50. The molecule has 222 valence electrons. The van der Waals surface area contributed by atoms with E-state index in [2.05, 4.69) is 33.0 Å². The van der Waals surface area contributed by atoms with Crippen LogP contribution in [0.3, 0.4) is 0 Å². The maximum Gasteiger partial charge on any atom is 0.410 e. The Bertz CT molecular complexity index is 1490. The number of nitrogens with zero attached hydrogens (tertiary/aromatic N) is 2. The van der Waals surface area contributed by atoms with Crippen LogP contribution < -0.4 is 14.4 Å². The summed E-state index contributed by atoms with van der Waals surface area (Å²) in [5.41, 5.74) is 0.585. The molecule has 1 aliphatic rings. The van der Waals surface area contributed by atoms with Crippen LogP contribution in [0.4, 0.5) is 4.79 Å². The van der Waals surface area contributed by atoms with E-state index in [4.69, 9.17) is 24.0 Å². The number of ether oxygens (including phenoxy) is 3. The highest BCUT2D eigenvalue weighted by molar-refractivity contribution is 9.10. The zero-order valence-corrected chi connectivity index (χ0v) is 26.6. The fraction of sp³-hybridized carbons (Fsp3) is 0.344. The van der Waals surface area contributed by atoms with Gasteiger partial charge in [0.15, 0.2) is 11.5 Å². The van der Waals surface area contributed by atoms with Crippen molar-refractivity contribution in [1.82, 2.24) is 9.80 Å². The van der Waals surface area contributed by atoms with Gasteiger partial charge in [-0.15, -0.1) is 11.3 Å². The molecule has 1 saturated heterocycles. The molecule has 1 amide bonds. The maximum atomic E-state index is 12.3. The smallest absolute Gasteiger partial charge is 0.410 e. The molecule has 8 nitrogen and oxygen atoms in total. The second kappa shape index (κ2) is 13.3. The van der Waals surface area contributed by atoms with E-state index in [0.717, 1.165) is 61.9 Å². The Morgan fingerprint density at radius 1 is 0.905 bits per heavy atom. The first kappa shape index (κ1) is 30.2. The Morgan fingerprint density at radius 2 is 1.57 bits per heavy atom. The van der Waals surface area contributed by atoms with Crippen LogP contribution in [0.25, 0.3) is 20.5 Å². The van der Waals surface area contributed by atoms with Crippen molar-refractivity contribution in [3.63, 3.8) is 0 Å². The third-order valence-corrected chi connectivity index (χ3v) is 8.36. The predicted octanol–water partition coefficient (Wildman–Crippen LogP) is 7.99. The predicted molar refractivity (Wildman–Crippen MR) is 169 cm³/mol. The summed E-state index contributed by atoms with van der Waals surface area (Å²) in [5.74, 6) is 2.92. The minimum Gasteiger partial charge on any atom is -0.492 e. The third kappa shape index (κ3) is 7.74. The molecular weight excluding hydrogens is 620 g/mol. The largest absolute Gasteiger partial charge is 0.492 e. The van der Waals surface area contributed by atoms with Crippen molar-refractivity contribution >= 4 is 43.4 Å². The molecule has 0 unspecified atom stereocenters. The number of rotatable bonds is 9. The van der Waals surface area contributed by atoms with Crippen molar-refractivity contribution in [2.45, 2.75) is 26.4 Å². The summed E-state index contributed by atoms with van der Waals surface area (Å²) < 4.78 is 20.0. The molecule has 1 aromatic heterocycles. The molecule has 1 fully saturated rings. The first-order valence-electron chi connectivity index (χ1n) is 13.8. The van der Waals surface area contributed by atoms with Crippen molar-refractivity contribution in [2.75, 3.05) is 46.4 Å². The van der Waals surface area contributed by atoms with Crippen molar-refractivity contribution in [3.8, 4) is 33.4 Å². The highest BCUT2D eigenvalue weighted by atomic mass is 79.9. The summed E-state index contributed by atoms with van der Waals surface area (Å²) in [6.45, 7) is 9.90. The number of benzene rings is 3. The number of fused-ring (bicyclic) bond motifs is 1. The number of carbonyl (C=O) groups excluding carboxylic acids is 1. The van der Waals surface area contributed by atoms with Crippen molar-refractivity contribution < 1.29 is 28.8 Å². The third-order valence-electron chi connectivity index (χ3n) is 6.65. The first-order chi connectivity index (χ1) is 20.2. The van der Waals surface area contributed by atoms with Crippen LogP contribution >= 0.6 is 27.3 Å². The van der Waals surface area contributed by atoms with Crippen molar-refractivity contribution in [1.29, 1.82) is 0 Å². The number of hydrogen-bond acceptors (Lipinski definition) is 8. The van der Waals surface area contributed by atoms with Gasteiger partial charge in [-0.1, -0.05) is 28.1 Å². The molecule has 1 aliphatic heterocycles. The zero-order valence-electron chi connectivity index (χ0n) is 24.2. The first-order valence-corrected chi connectivity index (χ1v) is 15.4. The zero-order chi connectivity index (χ0) is 29.7. The topological polar surface area (TPSA) is 69.7 Å². The molecule has 2 heterocycles. The second-order valence-corrected chi connectivity index (χ2v) is 12.9. The van der Waals surface area contributed by atoms with Crippen molar-refractivity contribution in [2.24, 2.45) is 0 Å². The van der Waals surface area contributed by atoms with Crippen LogP contribution in [0.15, 0.2) is 71.2 Å². The number of halogens is 1. The molecule has 0 spiro atoms. The Hall–Kier alpha value is -3.31. The van der Waals surface area contributed by atoms with Crippen molar-refractivity contribution in [3.05, 3.63) is 71.2 Å². The van der Waals surface area contributed by atoms with Gasteiger partial charge < -0.3 is 24.0 Å². The fourth-order valence-electron chi connectivity index (χ4n) is 4.59. The minimum absolute atomic E-state index is 0.245. The van der Waals surface area contributed by atoms with E-state index in [0.29, 0.717) is 25.4 Å². The number of thiophene rings is 1. The highest BCUT2D eigenvalue weighted by Crippen LogP contribution is 2.47. The molecule has 0 radical (unpaired) electrons. The van der Waals surface area contributed by atoms with Crippen LogP contribution in [-0.4, -0.2) is 67.9 Å². The van der Waals surface area contributed by atoms with Gasteiger partial charge in [-0.25, -0.2) is 4.79 Å². The van der Waals surface area contributed by atoms with Crippen LogP contribution in [0, 0.1) is 0 Å². The van der Waals surface area contributed by atoms with Crippen LogP contribution in [-0.2, 0) is 9.62 Å². The lowest BCUT2D eigenvalue weighted by atomic mass is 10.1. The normalized spacial score (nSPS) is 14.2. The van der Waals surface area contributed by atoms with E-state index in [-0.39, 0.29) is 6.09 Å². The van der Waals surface area contributed by atoms with Gasteiger partial charge in [0, 0.05) is 53.3 Å². The van der Waals surface area contributed by atoms with E-state index in [1.807, 2.05) is 75.4 Å². The molecular formula is C32H35BrN2O6S. The SMILES string of the molecule is COOc1ccc2c(Oc3ccc(OCCN4CCN(C(=O)OC(C)(C)C)CC4)cc3)c(-c3ccc(Br)cc3)sc2c1. The Labute approximate surface area is 258 Å². The number of piperazine rings is 1. The Kier molecular flexibility index (Phi) is 9.57. The molecule has 0 N–H and O–H groups in total. The van der Waals surface area contributed by atoms with E-state index in [1.165, 1.54) is 7.11 Å². The van der Waals surface area contributed by atoms with Gasteiger partial charge in [-0.3, -0.25) is 4.90 Å². The van der Waals surface area contributed by atoms with Crippen LogP contribution in [0.2, 0.25) is 0 Å². The number of hydrogen-bond donors (Lipinski definition) is 0. The maximum absolute atomic E-state index is 12.3. The Morgan fingerprint density at radius 3 is 2.24 bits per heavy atom. The number of carbonyl (C=O) groups is 1. The summed E-state index contributed by atoms with van der Waals surface area (Å²) >= 11 is 5.16. The molecule has 0 saturated carbocycles. The van der Waals surface area contributed by atoms with Gasteiger partial charge in [0.05, 0.1) is 12.0 Å². The molecule has 4 aromatic rings. The van der Waals surface area contributed by atoms with E-state index in [9.17, 15) is 4.79 Å². The average molecular weight is 656 g/mol. The van der Waals surface area contributed by atoms with Crippen LogP contribution in [0.1, 0.15) is 20.8 Å². The molecule has 5 rings (SSSR count).